The van der Waals surface area contributed by atoms with Crippen molar-refractivity contribution in [2.45, 2.75) is 6.92 Å². The zero-order valence-electron chi connectivity index (χ0n) is 11.2. The zero-order valence-corrected chi connectivity index (χ0v) is 11.2. The van der Waals surface area contributed by atoms with E-state index in [1.807, 2.05) is 0 Å². The van der Waals surface area contributed by atoms with Gasteiger partial charge in [0.25, 0.3) is 5.91 Å². The molecule has 2 rings (SSSR count). The van der Waals surface area contributed by atoms with Crippen molar-refractivity contribution in [1.29, 1.82) is 0 Å². The van der Waals surface area contributed by atoms with Gasteiger partial charge in [0.15, 0.2) is 0 Å². The normalized spacial score (nSPS) is 15.5. The summed E-state index contributed by atoms with van der Waals surface area (Å²) in [6, 6.07) is 1.69. The number of carbonyl (C=O) groups excluding carboxylic acids is 2. The van der Waals surface area contributed by atoms with Gasteiger partial charge in [-0.05, 0) is 13.0 Å². The number of aromatic nitrogens is 2. The molecule has 1 aromatic heterocycles. The Morgan fingerprint density at radius 3 is 2.42 bits per heavy atom. The van der Waals surface area contributed by atoms with Gasteiger partial charge >= 0.3 is 6.09 Å². The second-order valence-corrected chi connectivity index (χ2v) is 4.32. The highest BCUT2D eigenvalue weighted by Gasteiger charge is 2.26. The highest BCUT2D eigenvalue weighted by molar-refractivity contribution is 5.92. The van der Waals surface area contributed by atoms with Crippen molar-refractivity contribution in [2.75, 3.05) is 32.8 Å². The number of hydrogen-bond donors (Lipinski definition) is 0. The third-order valence-corrected chi connectivity index (χ3v) is 3.13. The number of hydrogen-bond acceptors (Lipinski definition) is 4. The first-order valence-electron chi connectivity index (χ1n) is 6.32. The quantitative estimate of drug-likeness (QED) is 0.774. The van der Waals surface area contributed by atoms with Crippen LogP contribution in [-0.4, -0.2) is 64.4 Å². The van der Waals surface area contributed by atoms with E-state index in [9.17, 15) is 9.59 Å². The Bertz CT molecular complexity index is 463. The van der Waals surface area contributed by atoms with Crippen LogP contribution in [0.4, 0.5) is 4.79 Å². The number of ether oxygens (including phenoxy) is 1. The molecule has 19 heavy (non-hydrogen) atoms. The van der Waals surface area contributed by atoms with Crippen LogP contribution in [0.15, 0.2) is 12.3 Å². The molecule has 104 valence electrons. The summed E-state index contributed by atoms with van der Waals surface area (Å²) in [5.41, 5.74) is 0.560. The number of amides is 2. The van der Waals surface area contributed by atoms with Crippen LogP contribution in [0, 0.1) is 0 Å². The minimum absolute atomic E-state index is 0.0523. The minimum Gasteiger partial charge on any atom is -0.450 e. The molecular formula is C12H18N4O3. The second kappa shape index (κ2) is 5.73. The molecule has 0 spiro atoms. The fourth-order valence-corrected chi connectivity index (χ4v) is 2.05. The molecule has 1 saturated heterocycles. The summed E-state index contributed by atoms with van der Waals surface area (Å²) in [6.45, 7) is 4.18. The van der Waals surface area contributed by atoms with Crippen LogP contribution in [0.2, 0.25) is 0 Å². The van der Waals surface area contributed by atoms with E-state index in [4.69, 9.17) is 4.74 Å². The molecule has 0 aromatic carbocycles. The lowest BCUT2D eigenvalue weighted by Gasteiger charge is -2.33. The topological polar surface area (TPSA) is 67.7 Å². The van der Waals surface area contributed by atoms with Gasteiger partial charge in [0.1, 0.15) is 5.69 Å². The van der Waals surface area contributed by atoms with Crippen LogP contribution in [0.1, 0.15) is 17.4 Å². The van der Waals surface area contributed by atoms with E-state index < -0.39 is 0 Å². The molecule has 2 heterocycles. The number of carbonyl (C=O) groups is 2. The Morgan fingerprint density at radius 1 is 1.26 bits per heavy atom. The molecule has 1 aromatic rings. The van der Waals surface area contributed by atoms with E-state index in [0.29, 0.717) is 38.5 Å². The molecule has 1 aliphatic heterocycles. The summed E-state index contributed by atoms with van der Waals surface area (Å²) in [7, 11) is 1.74. The van der Waals surface area contributed by atoms with E-state index in [1.165, 1.54) is 0 Å². The van der Waals surface area contributed by atoms with Gasteiger partial charge in [0.2, 0.25) is 0 Å². The van der Waals surface area contributed by atoms with Crippen molar-refractivity contribution in [1.82, 2.24) is 19.6 Å². The highest BCUT2D eigenvalue weighted by Crippen LogP contribution is 2.08. The Labute approximate surface area is 111 Å². The predicted molar refractivity (Wildman–Crippen MR) is 67.7 cm³/mol. The van der Waals surface area contributed by atoms with Gasteiger partial charge in [0, 0.05) is 39.4 Å². The average Bonchev–Trinajstić information content (AvgIpc) is 2.84. The number of piperazine rings is 1. The average molecular weight is 266 g/mol. The predicted octanol–water partition coefficient (Wildman–Crippen LogP) is 0.334. The largest absolute Gasteiger partial charge is 0.450 e. The molecular weight excluding hydrogens is 248 g/mol. The van der Waals surface area contributed by atoms with Crippen LogP contribution >= 0.6 is 0 Å². The summed E-state index contributed by atoms with van der Waals surface area (Å²) in [5.74, 6) is -0.0523. The van der Waals surface area contributed by atoms with Gasteiger partial charge in [-0.3, -0.25) is 9.48 Å². The lowest BCUT2D eigenvalue weighted by atomic mass is 10.3. The van der Waals surface area contributed by atoms with Gasteiger partial charge in [0.05, 0.1) is 6.61 Å². The summed E-state index contributed by atoms with van der Waals surface area (Å²) >= 11 is 0. The molecule has 0 N–H and O–H groups in total. The Kier molecular flexibility index (Phi) is 4.03. The number of rotatable bonds is 2. The first-order chi connectivity index (χ1) is 9.13. The maximum atomic E-state index is 12.2. The van der Waals surface area contributed by atoms with Crippen molar-refractivity contribution in [3.05, 3.63) is 18.0 Å². The van der Waals surface area contributed by atoms with Crippen LogP contribution in [0.5, 0.6) is 0 Å². The molecule has 0 bridgehead atoms. The first kappa shape index (κ1) is 13.4. The van der Waals surface area contributed by atoms with E-state index >= 15 is 0 Å². The van der Waals surface area contributed by atoms with Crippen molar-refractivity contribution >= 4 is 12.0 Å². The Hall–Kier alpha value is -2.05. The molecule has 1 aliphatic rings. The molecule has 2 amide bonds. The molecule has 0 atom stereocenters. The zero-order chi connectivity index (χ0) is 13.8. The fraction of sp³-hybridized carbons (Fsp3) is 0.583. The van der Waals surface area contributed by atoms with E-state index in [0.717, 1.165) is 0 Å². The third-order valence-electron chi connectivity index (χ3n) is 3.13. The summed E-state index contributed by atoms with van der Waals surface area (Å²) in [5, 5.41) is 3.98. The first-order valence-corrected chi connectivity index (χ1v) is 6.32. The maximum absolute atomic E-state index is 12.2. The number of nitrogens with zero attached hydrogens (tertiary/aromatic N) is 4. The molecule has 0 unspecified atom stereocenters. The van der Waals surface area contributed by atoms with Crippen molar-refractivity contribution in [3.63, 3.8) is 0 Å². The van der Waals surface area contributed by atoms with Crippen molar-refractivity contribution in [2.24, 2.45) is 7.05 Å². The van der Waals surface area contributed by atoms with Crippen molar-refractivity contribution < 1.29 is 14.3 Å². The smallest absolute Gasteiger partial charge is 0.409 e. The van der Waals surface area contributed by atoms with Gasteiger partial charge < -0.3 is 14.5 Å². The molecule has 0 aliphatic carbocycles. The molecule has 0 saturated carbocycles. The van der Waals surface area contributed by atoms with Crippen LogP contribution in [0.25, 0.3) is 0 Å². The number of aryl methyl sites for hydroxylation is 1. The monoisotopic (exact) mass is 266 g/mol. The molecule has 1 fully saturated rings. The highest BCUT2D eigenvalue weighted by atomic mass is 16.6. The van der Waals surface area contributed by atoms with Gasteiger partial charge in [-0.1, -0.05) is 0 Å². The fourth-order valence-electron chi connectivity index (χ4n) is 2.05. The second-order valence-electron chi connectivity index (χ2n) is 4.32. The van der Waals surface area contributed by atoms with E-state index in [1.54, 1.807) is 40.7 Å². The maximum Gasteiger partial charge on any atom is 0.409 e. The van der Waals surface area contributed by atoms with Crippen molar-refractivity contribution in [3.8, 4) is 0 Å². The van der Waals surface area contributed by atoms with E-state index in [-0.39, 0.29) is 12.0 Å². The minimum atomic E-state index is -0.310. The summed E-state index contributed by atoms with van der Waals surface area (Å²) in [6.07, 6.45) is 1.29. The lowest BCUT2D eigenvalue weighted by molar-refractivity contribution is 0.0562. The third kappa shape index (κ3) is 2.86. The lowest BCUT2D eigenvalue weighted by Crippen LogP contribution is -2.51. The summed E-state index contributed by atoms with van der Waals surface area (Å²) in [4.78, 5) is 27.1. The van der Waals surface area contributed by atoms with Gasteiger partial charge in [-0.2, -0.15) is 5.10 Å². The Morgan fingerprint density at radius 2 is 1.89 bits per heavy atom. The molecule has 7 heteroatoms. The van der Waals surface area contributed by atoms with E-state index in [2.05, 4.69) is 5.10 Å². The standard InChI is InChI=1S/C12H18N4O3/c1-3-19-12(18)16-8-6-15(7-9-16)11(17)10-4-5-13-14(10)2/h4-5H,3,6-9H2,1-2H3. The Balaban J connectivity index is 1.92. The summed E-state index contributed by atoms with van der Waals surface area (Å²) < 4.78 is 6.49. The van der Waals surface area contributed by atoms with Crippen LogP contribution < -0.4 is 0 Å². The molecule has 0 radical (unpaired) electrons. The van der Waals surface area contributed by atoms with Gasteiger partial charge in [-0.15, -0.1) is 0 Å². The van der Waals surface area contributed by atoms with Crippen LogP contribution in [0.3, 0.4) is 0 Å². The molecule has 7 nitrogen and oxygen atoms in total. The SMILES string of the molecule is CCOC(=O)N1CCN(C(=O)c2ccnn2C)CC1. The van der Waals surface area contributed by atoms with Gasteiger partial charge in [-0.25, -0.2) is 4.79 Å². The van der Waals surface area contributed by atoms with Crippen LogP contribution in [-0.2, 0) is 11.8 Å².